The summed E-state index contributed by atoms with van der Waals surface area (Å²) in [5, 5.41) is 7.03. The summed E-state index contributed by atoms with van der Waals surface area (Å²) in [6.45, 7) is 6.10. The van der Waals surface area contributed by atoms with Gasteiger partial charge >= 0.3 is 0 Å². The van der Waals surface area contributed by atoms with Crippen LogP contribution in [0.15, 0.2) is 6.20 Å². The van der Waals surface area contributed by atoms with Crippen molar-refractivity contribution in [2.45, 2.75) is 33.1 Å². The fraction of sp³-hybridized carbons (Fsp3) is 0.692. The Balaban J connectivity index is 1.93. The number of aromatic nitrogens is 2. The quantitative estimate of drug-likeness (QED) is 0.859. The third-order valence-electron chi connectivity index (χ3n) is 3.44. The highest BCUT2D eigenvalue weighted by Crippen LogP contribution is 2.30. The number of nitrogens with zero attached hydrogens (tertiary/aromatic N) is 2. The van der Waals surface area contributed by atoms with E-state index in [2.05, 4.69) is 27.5 Å². The van der Waals surface area contributed by atoms with Gasteiger partial charge in [0.05, 0.1) is 6.20 Å². The molecule has 1 aromatic heterocycles. The molecule has 0 spiro atoms. The number of nitrogens with one attached hydrogen (secondary N) is 2. The lowest BCUT2D eigenvalue weighted by atomic mass is 10.1. The summed E-state index contributed by atoms with van der Waals surface area (Å²) in [5.74, 6) is 2.97. The van der Waals surface area contributed by atoms with Crippen molar-refractivity contribution in [2.75, 3.05) is 23.7 Å². The molecule has 2 atom stereocenters. The summed E-state index contributed by atoms with van der Waals surface area (Å²) < 4.78 is 0. The summed E-state index contributed by atoms with van der Waals surface area (Å²) in [4.78, 5) is 8.50. The van der Waals surface area contributed by atoms with Gasteiger partial charge < -0.3 is 10.6 Å². The van der Waals surface area contributed by atoms with Crippen LogP contribution in [-0.4, -0.2) is 23.1 Å². The molecule has 1 aliphatic carbocycles. The van der Waals surface area contributed by atoms with E-state index in [0.717, 1.165) is 30.7 Å². The van der Waals surface area contributed by atoms with E-state index < -0.39 is 0 Å². The molecule has 1 aromatic rings. The lowest BCUT2D eigenvalue weighted by Crippen LogP contribution is -2.14. The number of halogens is 1. The van der Waals surface area contributed by atoms with Gasteiger partial charge in [-0.15, -0.1) is 0 Å². The first-order valence-corrected chi connectivity index (χ1v) is 7.07. The molecule has 0 saturated heterocycles. The Kier molecular flexibility index (Phi) is 4.64. The van der Waals surface area contributed by atoms with Crippen molar-refractivity contribution in [3.63, 3.8) is 0 Å². The molecule has 0 amide bonds. The molecule has 1 saturated carbocycles. The van der Waals surface area contributed by atoms with Gasteiger partial charge in [-0.3, -0.25) is 0 Å². The molecule has 18 heavy (non-hydrogen) atoms. The van der Waals surface area contributed by atoms with Crippen LogP contribution in [0.4, 0.5) is 11.8 Å². The van der Waals surface area contributed by atoms with Crippen LogP contribution >= 0.6 is 11.6 Å². The molecular weight excluding hydrogens is 248 g/mol. The molecule has 100 valence electrons. The maximum atomic E-state index is 6.10. The molecule has 0 aromatic carbocycles. The Labute approximate surface area is 114 Å². The van der Waals surface area contributed by atoms with E-state index in [1.54, 1.807) is 6.20 Å². The first-order chi connectivity index (χ1) is 8.69. The Morgan fingerprint density at radius 3 is 2.89 bits per heavy atom. The highest BCUT2D eigenvalue weighted by Gasteiger charge is 2.21. The Hall–Kier alpha value is -1.03. The molecule has 5 heteroatoms. The normalized spacial score (nSPS) is 23.1. The van der Waals surface area contributed by atoms with Crippen LogP contribution in [0.25, 0.3) is 0 Å². The van der Waals surface area contributed by atoms with Crippen molar-refractivity contribution >= 4 is 23.4 Å². The van der Waals surface area contributed by atoms with Crippen LogP contribution in [0.2, 0.25) is 5.02 Å². The van der Waals surface area contributed by atoms with Gasteiger partial charge in [0.2, 0.25) is 5.95 Å². The first kappa shape index (κ1) is 13.4. The van der Waals surface area contributed by atoms with Crippen LogP contribution in [0.3, 0.4) is 0 Å². The van der Waals surface area contributed by atoms with Crippen molar-refractivity contribution in [3.8, 4) is 0 Å². The van der Waals surface area contributed by atoms with E-state index in [4.69, 9.17) is 11.6 Å². The number of anilines is 2. The SMILES string of the molecule is CCNc1ncc(Cl)c(NCC2CCC(C)C2)n1. The third kappa shape index (κ3) is 3.48. The summed E-state index contributed by atoms with van der Waals surface area (Å²) in [7, 11) is 0. The number of rotatable bonds is 5. The highest BCUT2D eigenvalue weighted by atomic mass is 35.5. The minimum atomic E-state index is 0.586. The molecular formula is C13H21ClN4. The molecule has 0 radical (unpaired) electrons. The van der Waals surface area contributed by atoms with Crippen molar-refractivity contribution in [1.82, 2.24) is 9.97 Å². The predicted octanol–water partition coefficient (Wildman–Crippen LogP) is 3.41. The van der Waals surface area contributed by atoms with Crippen LogP contribution in [0.1, 0.15) is 33.1 Å². The van der Waals surface area contributed by atoms with E-state index in [-0.39, 0.29) is 0 Å². The second kappa shape index (κ2) is 6.23. The highest BCUT2D eigenvalue weighted by molar-refractivity contribution is 6.32. The van der Waals surface area contributed by atoms with Gasteiger partial charge in [0, 0.05) is 13.1 Å². The number of hydrogen-bond acceptors (Lipinski definition) is 4. The zero-order valence-electron chi connectivity index (χ0n) is 11.0. The second-order valence-corrected chi connectivity index (χ2v) is 5.49. The molecule has 0 aliphatic heterocycles. The summed E-state index contributed by atoms with van der Waals surface area (Å²) in [6, 6.07) is 0. The topological polar surface area (TPSA) is 49.8 Å². The molecule has 0 bridgehead atoms. The summed E-state index contributed by atoms with van der Waals surface area (Å²) >= 11 is 6.10. The largest absolute Gasteiger partial charge is 0.368 e. The van der Waals surface area contributed by atoms with Crippen molar-refractivity contribution in [3.05, 3.63) is 11.2 Å². The lowest BCUT2D eigenvalue weighted by Gasteiger charge is -2.13. The molecule has 4 nitrogen and oxygen atoms in total. The van der Waals surface area contributed by atoms with Crippen LogP contribution < -0.4 is 10.6 Å². The molecule has 1 heterocycles. The van der Waals surface area contributed by atoms with Crippen LogP contribution in [-0.2, 0) is 0 Å². The smallest absolute Gasteiger partial charge is 0.224 e. The van der Waals surface area contributed by atoms with Gasteiger partial charge in [0.15, 0.2) is 0 Å². The average Bonchev–Trinajstić information content (AvgIpc) is 2.76. The minimum absolute atomic E-state index is 0.586. The molecule has 2 N–H and O–H groups in total. The fourth-order valence-electron chi connectivity index (χ4n) is 2.49. The van der Waals surface area contributed by atoms with Gasteiger partial charge in [-0.25, -0.2) is 4.98 Å². The zero-order valence-corrected chi connectivity index (χ0v) is 11.8. The maximum Gasteiger partial charge on any atom is 0.224 e. The van der Waals surface area contributed by atoms with Gasteiger partial charge in [0.1, 0.15) is 10.8 Å². The minimum Gasteiger partial charge on any atom is -0.368 e. The molecule has 1 aliphatic rings. The molecule has 2 rings (SSSR count). The van der Waals surface area contributed by atoms with Crippen molar-refractivity contribution in [2.24, 2.45) is 11.8 Å². The van der Waals surface area contributed by atoms with Gasteiger partial charge in [-0.2, -0.15) is 4.98 Å². The first-order valence-electron chi connectivity index (χ1n) is 6.69. The average molecular weight is 269 g/mol. The Bertz CT molecular complexity index is 397. The van der Waals surface area contributed by atoms with E-state index in [1.165, 1.54) is 19.3 Å². The Morgan fingerprint density at radius 2 is 2.22 bits per heavy atom. The lowest BCUT2D eigenvalue weighted by molar-refractivity contribution is 0.536. The van der Waals surface area contributed by atoms with Gasteiger partial charge in [-0.1, -0.05) is 24.9 Å². The molecule has 1 fully saturated rings. The molecule has 2 unspecified atom stereocenters. The van der Waals surface area contributed by atoms with Crippen molar-refractivity contribution < 1.29 is 0 Å². The second-order valence-electron chi connectivity index (χ2n) is 5.09. The summed E-state index contributed by atoms with van der Waals surface area (Å²) in [5.41, 5.74) is 0. The van der Waals surface area contributed by atoms with E-state index in [9.17, 15) is 0 Å². The van der Waals surface area contributed by atoms with E-state index >= 15 is 0 Å². The van der Waals surface area contributed by atoms with E-state index in [0.29, 0.717) is 11.0 Å². The van der Waals surface area contributed by atoms with Crippen LogP contribution in [0, 0.1) is 11.8 Å². The number of hydrogen-bond donors (Lipinski definition) is 2. The maximum absolute atomic E-state index is 6.10. The summed E-state index contributed by atoms with van der Waals surface area (Å²) in [6.07, 6.45) is 5.59. The monoisotopic (exact) mass is 268 g/mol. The fourth-order valence-corrected chi connectivity index (χ4v) is 2.64. The van der Waals surface area contributed by atoms with E-state index in [1.807, 2.05) is 6.92 Å². The Morgan fingerprint density at radius 1 is 1.39 bits per heavy atom. The van der Waals surface area contributed by atoms with Gasteiger partial charge in [-0.05, 0) is 31.6 Å². The zero-order chi connectivity index (χ0) is 13.0. The standard InChI is InChI=1S/C13H21ClN4/c1-3-15-13-17-8-11(14)12(18-13)16-7-10-5-4-9(2)6-10/h8-10H,3-7H2,1-2H3,(H2,15,16,17,18). The van der Waals surface area contributed by atoms with Crippen molar-refractivity contribution in [1.29, 1.82) is 0 Å². The van der Waals surface area contributed by atoms with Gasteiger partial charge in [0.25, 0.3) is 0 Å². The third-order valence-corrected chi connectivity index (χ3v) is 3.72. The predicted molar refractivity (Wildman–Crippen MR) is 76.2 cm³/mol. The van der Waals surface area contributed by atoms with Crippen LogP contribution in [0.5, 0.6) is 0 Å².